The standard InChI is InChI=1S/C16H20N2OS/c1-19-15-9-5-4-8-14(15)16-18-13(11-20-16)10-17-12-6-2-3-7-12/h4-5,8-9,11-12,17H,2-3,6-7,10H2,1H3. The van der Waals surface area contributed by atoms with Crippen molar-refractivity contribution < 1.29 is 4.74 Å². The van der Waals surface area contributed by atoms with Gasteiger partial charge in [0.15, 0.2) is 0 Å². The number of nitrogens with zero attached hydrogens (tertiary/aromatic N) is 1. The fourth-order valence-electron chi connectivity index (χ4n) is 2.71. The zero-order valence-electron chi connectivity index (χ0n) is 11.8. The lowest BCUT2D eigenvalue weighted by molar-refractivity contribution is 0.416. The molecule has 1 aromatic heterocycles. The van der Waals surface area contributed by atoms with Crippen LogP contribution in [0.1, 0.15) is 31.4 Å². The summed E-state index contributed by atoms with van der Waals surface area (Å²) in [6.07, 6.45) is 5.34. The molecule has 1 saturated carbocycles. The molecule has 0 bridgehead atoms. The normalized spacial score (nSPS) is 15.7. The number of hydrogen-bond acceptors (Lipinski definition) is 4. The number of ether oxygens (including phenoxy) is 1. The number of para-hydroxylation sites is 1. The molecule has 20 heavy (non-hydrogen) atoms. The minimum absolute atomic E-state index is 0.686. The molecule has 0 atom stereocenters. The van der Waals surface area contributed by atoms with Gasteiger partial charge in [-0.15, -0.1) is 11.3 Å². The van der Waals surface area contributed by atoms with E-state index in [1.807, 2.05) is 18.2 Å². The van der Waals surface area contributed by atoms with Gasteiger partial charge in [0.25, 0.3) is 0 Å². The van der Waals surface area contributed by atoms with Crippen LogP contribution in [0.15, 0.2) is 29.6 Å². The summed E-state index contributed by atoms with van der Waals surface area (Å²) in [7, 11) is 1.70. The lowest BCUT2D eigenvalue weighted by Gasteiger charge is -2.09. The van der Waals surface area contributed by atoms with Crippen LogP contribution < -0.4 is 10.1 Å². The number of nitrogens with one attached hydrogen (secondary N) is 1. The molecule has 3 nitrogen and oxygen atoms in total. The van der Waals surface area contributed by atoms with Gasteiger partial charge in [-0.1, -0.05) is 25.0 Å². The summed E-state index contributed by atoms with van der Waals surface area (Å²) in [6, 6.07) is 8.74. The van der Waals surface area contributed by atoms with Gasteiger partial charge >= 0.3 is 0 Å². The van der Waals surface area contributed by atoms with Gasteiger partial charge < -0.3 is 10.1 Å². The van der Waals surface area contributed by atoms with E-state index in [0.717, 1.165) is 28.6 Å². The zero-order valence-corrected chi connectivity index (χ0v) is 12.6. The third kappa shape index (κ3) is 3.02. The van der Waals surface area contributed by atoms with E-state index < -0.39 is 0 Å². The van der Waals surface area contributed by atoms with Crippen molar-refractivity contribution in [3.8, 4) is 16.3 Å². The van der Waals surface area contributed by atoms with Crippen molar-refractivity contribution in [3.05, 3.63) is 35.3 Å². The second-order valence-corrected chi connectivity index (χ2v) is 6.06. The average Bonchev–Trinajstić information content (AvgIpc) is 3.16. The van der Waals surface area contributed by atoms with E-state index in [0.29, 0.717) is 6.04 Å². The molecule has 1 N–H and O–H groups in total. The first kappa shape index (κ1) is 13.6. The van der Waals surface area contributed by atoms with Crippen molar-refractivity contribution in [3.63, 3.8) is 0 Å². The van der Waals surface area contributed by atoms with Gasteiger partial charge in [-0.05, 0) is 25.0 Å². The number of aromatic nitrogens is 1. The Bertz CT molecular complexity index is 561. The first-order valence-electron chi connectivity index (χ1n) is 7.18. The summed E-state index contributed by atoms with van der Waals surface area (Å²) < 4.78 is 5.40. The van der Waals surface area contributed by atoms with Gasteiger partial charge in [0.1, 0.15) is 10.8 Å². The maximum atomic E-state index is 5.40. The summed E-state index contributed by atoms with van der Waals surface area (Å²) in [5.74, 6) is 0.886. The fourth-order valence-corrected chi connectivity index (χ4v) is 3.56. The van der Waals surface area contributed by atoms with Crippen LogP contribution in [0.2, 0.25) is 0 Å². The molecule has 0 aliphatic heterocycles. The predicted molar refractivity (Wildman–Crippen MR) is 83.2 cm³/mol. The van der Waals surface area contributed by atoms with Crippen LogP contribution in [0.4, 0.5) is 0 Å². The molecule has 0 unspecified atom stereocenters. The van der Waals surface area contributed by atoms with Crippen LogP contribution in [-0.2, 0) is 6.54 Å². The molecule has 0 saturated heterocycles. The highest BCUT2D eigenvalue weighted by Crippen LogP contribution is 2.31. The van der Waals surface area contributed by atoms with Gasteiger partial charge in [-0.3, -0.25) is 0 Å². The minimum Gasteiger partial charge on any atom is -0.496 e. The third-order valence-corrected chi connectivity index (χ3v) is 4.74. The predicted octanol–water partition coefficient (Wildman–Crippen LogP) is 3.85. The number of methoxy groups -OCH3 is 1. The first-order valence-corrected chi connectivity index (χ1v) is 8.06. The minimum atomic E-state index is 0.686. The molecule has 0 amide bonds. The van der Waals surface area contributed by atoms with Gasteiger partial charge in [0, 0.05) is 18.0 Å². The highest BCUT2D eigenvalue weighted by atomic mass is 32.1. The summed E-state index contributed by atoms with van der Waals surface area (Å²) in [6.45, 7) is 0.871. The molecule has 3 rings (SSSR count). The Balaban J connectivity index is 1.69. The smallest absolute Gasteiger partial charge is 0.129 e. The molecule has 2 aromatic rings. The van der Waals surface area contributed by atoms with E-state index in [1.165, 1.54) is 25.7 Å². The number of rotatable bonds is 5. The molecule has 1 heterocycles. The maximum absolute atomic E-state index is 5.40. The van der Waals surface area contributed by atoms with Crippen molar-refractivity contribution in [1.29, 1.82) is 0 Å². The Kier molecular flexibility index (Phi) is 4.33. The monoisotopic (exact) mass is 288 g/mol. The largest absolute Gasteiger partial charge is 0.496 e. The molecule has 0 spiro atoms. The fraction of sp³-hybridized carbons (Fsp3) is 0.438. The molecule has 1 aliphatic carbocycles. The zero-order chi connectivity index (χ0) is 13.8. The number of hydrogen-bond donors (Lipinski definition) is 1. The Morgan fingerprint density at radius 3 is 2.90 bits per heavy atom. The topological polar surface area (TPSA) is 34.1 Å². The van der Waals surface area contributed by atoms with E-state index in [1.54, 1.807) is 18.4 Å². The number of thiazole rings is 1. The summed E-state index contributed by atoms with van der Waals surface area (Å²) in [4.78, 5) is 4.73. The van der Waals surface area contributed by atoms with Crippen molar-refractivity contribution in [2.75, 3.05) is 7.11 Å². The van der Waals surface area contributed by atoms with Crippen LogP contribution in [0.5, 0.6) is 5.75 Å². The van der Waals surface area contributed by atoms with E-state index in [4.69, 9.17) is 9.72 Å². The second-order valence-electron chi connectivity index (χ2n) is 5.21. The quantitative estimate of drug-likeness (QED) is 0.907. The van der Waals surface area contributed by atoms with Crippen LogP contribution in [-0.4, -0.2) is 18.1 Å². The average molecular weight is 288 g/mol. The van der Waals surface area contributed by atoms with Gasteiger partial charge in [-0.2, -0.15) is 0 Å². The summed E-state index contributed by atoms with van der Waals surface area (Å²) in [5.41, 5.74) is 2.20. The Morgan fingerprint density at radius 2 is 2.10 bits per heavy atom. The van der Waals surface area contributed by atoms with Crippen LogP contribution in [0.3, 0.4) is 0 Å². The lowest BCUT2D eigenvalue weighted by atomic mass is 10.2. The Morgan fingerprint density at radius 1 is 1.30 bits per heavy atom. The molecular weight excluding hydrogens is 268 g/mol. The molecule has 106 valence electrons. The number of benzene rings is 1. The van der Waals surface area contributed by atoms with E-state index in [2.05, 4.69) is 16.8 Å². The van der Waals surface area contributed by atoms with E-state index in [-0.39, 0.29) is 0 Å². The highest BCUT2D eigenvalue weighted by molar-refractivity contribution is 7.13. The lowest BCUT2D eigenvalue weighted by Crippen LogP contribution is -2.25. The Hall–Kier alpha value is -1.39. The van der Waals surface area contributed by atoms with Crippen molar-refractivity contribution in [2.45, 2.75) is 38.3 Å². The van der Waals surface area contributed by atoms with Gasteiger partial charge in [0.05, 0.1) is 18.4 Å². The second kappa shape index (κ2) is 6.37. The molecule has 4 heteroatoms. The van der Waals surface area contributed by atoms with Crippen LogP contribution in [0.25, 0.3) is 10.6 Å². The molecule has 1 aliphatic rings. The van der Waals surface area contributed by atoms with Crippen molar-refractivity contribution in [2.24, 2.45) is 0 Å². The van der Waals surface area contributed by atoms with Crippen molar-refractivity contribution in [1.82, 2.24) is 10.3 Å². The summed E-state index contributed by atoms with van der Waals surface area (Å²) in [5, 5.41) is 6.78. The Labute approximate surface area is 124 Å². The maximum Gasteiger partial charge on any atom is 0.129 e. The van der Waals surface area contributed by atoms with Crippen LogP contribution >= 0.6 is 11.3 Å². The molecule has 1 fully saturated rings. The highest BCUT2D eigenvalue weighted by Gasteiger charge is 2.15. The summed E-state index contributed by atoms with van der Waals surface area (Å²) >= 11 is 1.68. The molecule has 0 radical (unpaired) electrons. The third-order valence-electron chi connectivity index (χ3n) is 3.82. The molecule has 1 aromatic carbocycles. The SMILES string of the molecule is COc1ccccc1-c1nc(CNC2CCCC2)cs1. The first-order chi connectivity index (χ1) is 9.86. The van der Waals surface area contributed by atoms with Crippen molar-refractivity contribution >= 4 is 11.3 Å². The van der Waals surface area contributed by atoms with Gasteiger partial charge in [-0.25, -0.2) is 4.98 Å². The molecular formula is C16H20N2OS. The van der Waals surface area contributed by atoms with Crippen LogP contribution in [0, 0.1) is 0 Å². The van der Waals surface area contributed by atoms with Gasteiger partial charge in [0.2, 0.25) is 0 Å². The van der Waals surface area contributed by atoms with E-state index in [9.17, 15) is 0 Å². The van der Waals surface area contributed by atoms with E-state index >= 15 is 0 Å².